The van der Waals surface area contributed by atoms with Gasteiger partial charge in [-0.25, -0.2) is 14.0 Å². The molecule has 3 aliphatic rings. The lowest BCUT2D eigenvalue weighted by Crippen LogP contribution is -2.54. The molecule has 3 fully saturated rings. The van der Waals surface area contributed by atoms with E-state index in [4.69, 9.17) is 4.74 Å². The first kappa shape index (κ1) is 20.3. The number of carboxylic acids is 1. The first-order valence-corrected chi connectivity index (χ1v) is 10.4. The Labute approximate surface area is 170 Å². The highest BCUT2D eigenvalue weighted by molar-refractivity contribution is 5.89. The minimum atomic E-state index is -0.965. The Hall–Kier alpha value is -1.99. The summed E-state index contributed by atoms with van der Waals surface area (Å²) in [5, 5.41) is 9.66. The van der Waals surface area contributed by atoms with Gasteiger partial charge in [0, 0.05) is 6.04 Å². The van der Waals surface area contributed by atoms with Crippen LogP contribution in [0.1, 0.15) is 60.4 Å². The van der Waals surface area contributed by atoms with Crippen LogP contribution in [-0.4, -0.2) is 60.4 Å². The van der Waals surface area contributed by atoms with Crippen LogP contribution < -0.4 is 0 Å². The summed E-state index contributed by atoms with van der Waals surface area (Å²) in [6.07, 6.45) is 5.15. The number of methoxy groups -OCH3 is 1. The van der Waals surface area contributed by atoms with Gasteiger partial charge in [-0.15, -0.1) is 0 Å². The summed E-state index contributed by atoms with van der Waals surface area (Å²) in [6, 6.07) is 4.96. The van der Waals surface area contributed by atoms with Crippen LogP contribution in [-0.2, 0) is 14.3 Å². The topological polar surface area (TPSA) is 76.1 Å². The van der Waals surface area contributed by atoms with Gasteiger partial charge in [0.2, 0.25) is 0 Å². The van der Waals surface area contributed by atoms with Crippen molar-refractivity contribution in [1.82, 2.24) is 4.90 Å². The van der Waals surface area contributed by atoms with Crippen molar-refractivity contribution in [3.63, 3.8) is 0 Å². The van der Waals surface area contributed by atoms with Crippen molar-refractivity contribution in [1.29, 1.82) is 0 Å². The Kier molecular flexibility index (Phi) is 5.62. The predicted molar refractivity (Wildman–Crippen MR) is 103 cm³/mol. The average Bonchev–Trinajstić information content (AvgIpc) is 3.59. The number of likely N-dealkylation sites (tertiary alicyclic amines) is 1. The van der Waals surface area contributed by atoms with Gasteiger partial charge < -0.3 is 14.6 Å². The Balaban J connectivity index is 1.35. The molecule has 2 saturated heterocycles. The molecule has 1 aromatic carbocycles. The minimum absolute atomic E-state index is 0.0156. The number of ether oxygens (including phenoxy) is 2. The van der Waals surface area contributed by atoms with Crippen molar-refractivity contribution in [2.45, 2.75) is 56.1 Å². The lowest BCUT2D eigenvalue weighted by molar-refractivity contribution is -0.182. The van der Waals surface area contributed by atoms with Gasteiger partial charge in [-0.3, -0.25) is 4.90 Å². The van der Waals surface area contributed by atoms with Crippen molar-refractivity contribution in [2.75, 3.05) is 26.8 Å². The van der Waals surface area contributed by atoms with Gasteiger partial charge in [0.15, 0.2) is 5.60 Å². The van der Waals surface area contributed by atoms with Gasteiger partial charge in [0.05, 0.1) is 19.3 Å². The number of nitrogens with zero attached hydrogens (tertiary/aromatic N) is 1. The molecule has 2 heterocycles. The molecule has 29 heavy (non-hydrogen) atoms. The van der Waals surface area contributed by atoms with Crippen LogP contribution in [0.25, 0.3) is 0 Å². The second-order valence-electron chi connectivity index (χ2n) is 8.51. The molecule has 2 atom stereocenters. The maximum atomic E-state index is 13.9. The van der Waals surface area contributed by atoms with Crippen LogP contribution in [0.5, 0.6) is 0 Å². The number of hydrogen-bond acceptors (Lipinski definition) is 5. The van der Waals surface area contributed by atoms with E-state index in [1.807, 2.05) is 0 Å². The number of carbonyl (C=O) groups is 2. The van der Waals surface area contributed by atoms with Gasteiger partial charge in [-0.1, -0.05) is 6.07 Å². The van der Waals surface area contributed by atoms with Crippen molar-refractivity contribution in [3.8, 4) is 0 Å². The smallest absolute Gasteiger partial charge is 0.340 e. The second kappa shape index (κ2) is 8.03. The van der Waals surface area contributed by atoms with Gasteiger partial charge in [0.1, 0.15) is 5.82 Å². The Morgan fingerprint density at radius 2 is 1.93 bits per heavy atom. The van der Waals surface area contributed by atoms with Crippen LogP contribution in [0.3, 0.4) is 0 Å². The van der Waals surface area contributed by atoms with E-state index in [-0.39, 0.29) is 23.4 Å². The van der Waals surface area contributed by atoms with Crippen molar-refractivity contribution in [3.05, 3.63) is 35.1 Å². The number of rotatable bonds is 5. The predicted octanol–water partition coefficient (Wildman–Crippen LogP) is 3.20. The fourth-order valence-electron chi connectivity index (χ4n) is 4.95. The molecule has 4 rings (SSSR count). The van der Waals surface area contributed by atoms with Gasteiger partial charge >= 0.3 is 11.9 Å². The molecular formula is C22H28FNO5. The van der Waals surface area contributed by atoms with Crippen LogP contribution >= 0.6 is 0 Å². The van der Waals surface area contributed by atoms with Gasteiger partial charge in [-0.2, -0.15) is 0 Å². The first-order valence-electron chi connectivity index (χ1n) is 10.4. The van der Waals surface area contributed by atoms with Crippen LogP contribution in [0.4, 0.5) is 4.39 Å². The minimum Gasteiger partial charge on any atom is -0.479 e. The van der Waals surface area contributed by atoms with E-state index in [0.717, 1.165) is 50.8 Å². The SMILES string of the molecule is COC(=O)c1cc(C2CCN([C@@H]3CC[C@@](C(=O)O)(C4CC4)OC3)CC2)ccc1F. The molecule has 1 N–H and O–H groups in total. The maximum Gasteiger partial charge on any atom is 0.340 e. The maximum absolute atomic E-state index is 13.9. The van der Waals surface area contributed by atoms with Crippen LogP contribution in [0.2, 0.25) is 0 Å². The third kappa shape index (κ3) is 3.90. The number of carbonyl (C=O) groups excluding carboxylic acids is 1. The summed E-state index contributed by atoms with van der Waals surface area (Å²) in [5.41, 5.74) is -0.0177. The molecular weight excluding hydrogens is 377 g/mol. The van der Waals surface area contributed by atoms with E-state index < -0.39 is 23.4 Å². The molecule has 7 heteroatoms. The van der Waals surface area contributed by atoms with E-state index in [0.29, 0.717) is 13.0 Å². The zero-order valence-electron chi connectivity index (χ0n) is 16.7. The summed E-state index contributed by atoms with van der Waals surface area (Å²) in [7, 11) is 1.25. The van der Waals surface area contributed by atoms with Gasteiger partial charge in [0.25, 0.3) is 0 Å². The molecule has 0 aromatic heterocycles. The molecule has 0 bridgehead atoms. The first-order chi connectivity index (χ1) is 13.9. The normalized spacial score (nSPS) is 28.8. The van der Waals surface area contributed by atoms with Crippen LogP contribution in [0.15, 0.2) is 18.2 Å². The lowest BCUT2D eigenvalue weighted by atomic mass is 9.85. The molecule has 1 aromatic rings. The molecule has 6 nitrogen and oxygen atoms in total. The number of piperidine rings is 1. The van der Waals surface area contributed by atoms with E-state index in [9.17, 15) is 19.1 Å². The Morgan fingerprint density at radius 1 is 1.21 bits per heavy atom. The number of halogens is 1. The fraction of sp³-hybridized carbons (Fsp3) is 0.636. The van der Waals surface area contributed by atoms with Crippen LogP contribution in [0, 0.1) is 11.7 Å². The highest BCUT2D eigenvalue weighted by Gasteiger charge is 2.54. The zero-order chi connectivity index (χ0) is 20.6. The van der Waals surface area contributed by atoms with E-state index in [1.165, 1.54) is 13.2 Å². The summed E-state index contributed by atoms with van der Waals surface area (Å²) in [4.78, 5) is 25.9. The molecule has 0 spiro atoms. The summed E-state index contributed by atoms with van der Waals surface area (Å²) in [6.45, 7) is 2.23. The lowest BCUT2D eigenvalue weighted by Gasteiger charge is -2.44. The highest BCUT2D eigenvalue weighted by Crippen LogP contribution is 2.47. The number of benzene rings is 1. The van der Waals surface area contributed by atoms with Crippen molar-refractivity contribution >= 4 is 11.9 Å². The second-order valence-corrected chi connectivity index (χ2v) is 8.51. The highest BCUT2D eigenvalue weighted by atomic mass is 19.1. The average molecular weight is 405 g/mol. The largest absolute Gasteiger partial charge is 0.479 e. The summed E-state index contributed by atoms with van der Waals surface area (Å²) < 4.78 is 24.5. The fourth-order valence-corrected chi connectivity index (χ4v) is 4.95. The molecule has 1 aliphatic carbocycles. The molecule has 1 saturated carbocycles. The zero-order valence-corrected chi connectivity index (χ0v) is 16.7. The summed E-state index contributed by atoms with van der Waals surface area (Å²) >= 11 is 0. The number of aliphatic carboxylic acids is 1. The van der Waals surface area contributed by atoms with Crippen molar-refractivity contribution in [2.24, 2.45) is 5.92 Å². The molecule has 0 radical (unpaired) electrons. The third-order valence-corrected chi connectivity index (χ3v) is 6.89. The van der Waals surface area contributed by atoms with E-state index in [2.05, 4.69) is 9.64 Å². The molecule has 0 unspecified atom stereocenters. The van der Waals surface area contributed by atoms with E-state index in [1.54, 1.807) is 12.1 Å². The number of carboxylic acid groups (broad SMARTS) is 1. The Bertz CT molecular complexity index is 777. The molecule has 2 aliphatic heterocycles. The third-order valence-electron chi connectivity index (χ3n) is 6.89. The summed E-state index contributed by atoms with van der Waals surface area (Å²) in [5.74, 6) is -1.58. The molecule has 158 valence electrons. The standard InChI is InChI=1S/C22H28FNO5/c1-28-20(25)18-12-15(2-5-19(18)23)14-7-10-24(11-8-14)17-6-9-22(21(26)27,29-13-17)16-3-4-16/h2,5,12,14,16-17H,3-4,6-11,13H2,1H3,(H,26,27)/t17-,22+/m1/s1. The number of hydrogen-bond donors (Lipinski definition) is 1. The van der Waals surface area contributed by atoms with Crippen molar-refractivity contribution < 1.29 is 28.6 Å². The monoisotopic (exact) mass is 405 g/mol. The van der Waals surface area contributed by atoms with Gasteiger partial charge in [-0.05, 0) is 81.1 Å². The quantitative estimate of drug-likeness (QED) is 0.759. The Morgan fingerprint density at radius 3 is 2.48 bits per heavy atom. The number of esters is 1. The van der Waals surface area contributed by atoms with E-state index >= 15 is 0 Å². The molecule has 0 amide bonds.